The van der Waals surface area contributed by atoms with Crippen molar-refractivity contribution in [3.8, 4) is 5.75 Å². The number of phenolic OH excluding ortho intramolecular Hbond substituents is 1. The molecule has 0 aromatic heterocycles. The zero-order valence-corrected chi connectivity index (χ0v) is 11.6. The van der Waals surface area contributed by atoms with Crippen molar-refractivity contribution in [3.05, 3.63) is 58.1 Å². The lowest BCUT2D eigenvalue weighted by atomic mass is 10.2. The van der Waals surface area contributed by atoms with Crippen molar-refractivity contribution in [3.63, 3.8) is 0 Å². The van der Waals surface area contributed by atoms with Gasteiger partial charge < -0.3 is 16.2 Å². The second-order valence-corrected chi connectivity index (χ2v) is 4.94. The summed E-state index contributed by atoms with van der Waals surface area (Å²) in [7, 11) is 0. The first kappa shape index (κ1) is 13.4. The fourth-order valence-corrected chi connectivity index (χ4v) is 2.04. The van der Waals surface area contributed by atoms with Crippen molar-refractivity contribution >= 4 is 27.5 Å². The van der Waals surface area contributed by atoms with Gasteiger partial charge in [0.1, 0.15) is 5.75 Å². The van der Waals surface area contributed by atoms with Crippen LogP contribution in [0.2, 0.25) is 0 Å². The van der Waals surface area contributed by atoms with Crippen molar-refractivity contribution in [2.24, 2.45) is 5.73 Å². The lowest BCUT2D eigenvalue weighted by molar-refractivity contribution is 0.100. The number of hydrogen-bond acceptors (Lipinski definition) is 3. The molecule has 0 aliphatic rings. The Labute approximate surface area is 119 Å². The van der Waals surface area contributed by atoms with Crippen molar-refractivity contribution in [2.75, 3.05) is 5.32 Å². The third-order valence-electron chi connectivity index (χ3n) is 2.68. The van der Waals surface area contributed by atoms with E-state index < -0.39 is 5.91 Å². The van der Waals surface area contributed by atoms with Crippen LogP contribution >= 0.6 is 15.9 Å². The minimum Gasteiger partial charge on any atom is -0.507 e. The lowest BCUT2D eigenvalue weighted by Gasteiger charge is -2.08. The second kappa shape index (κ2) is 5.75. The predicted molar refractivity (Wildman–Crippen MR) is 78.1 cm³/mol. The first-order chi connectivity index (χ1) is 9.06. The lowest BCUT2D eigenvalue weighted by Crippen LogP contribution is -2.10. The summed E-state index contributed by atoms with van der Waals surface area (Å²) in [6.07, 6.45) is 0. The van der Waals surface area contributed by atoms with Crippen molar-refractivity contribution < 1.29 is 9.90 Å². The molecule has 4 N–H and O–H groups in total. The fraction of sp³-hybridized carbons (Fsp3) is 0.0714. The van der Waals surface area contributed by atoms with Crippen molar-refractivity contribution in [1.29, 1.82) is 0 Å². The van der Waals surface area contributed by atoms with E-state index in [4.69, 9.17) is 5.73 Å². The van der Waals surface area contributed by atoms with E-state index in [1.807, 2.05) is 12.1 Å². The molecular weight excluding hydrogens is 308 g/mol. The maximum Gasteiger partial charge on any atom is 0.248 e. The van der Waals surface area contributed by atoms with E-state index in [9.17, 15) is 9.90 Å². The van der Waals surface area contributed by atoms with E-state index in [1.165, 1.54) is 0 Å². The zero-order chi connectivity index (χ0) is 13.8. The molecule has 0 aliphatic heterocycles. The molecule has 0 saturated heterocycles. The van der Waals surface area contributed by atoms with Gasteiger partial charge in [-0.1, -0.05) is 6.07 Å². The molecule has 1 amide bonds. The second-order valence-electron chi connectivity index (χ2n) is 4.08. The number of amides is 1. The monoisotopic (exact) mass is 320 g/mol. The quantitative estimate of drug-likeness (QED) is 0.810. The molecule has 0 heterocycles. The fourth-order valence-electron chi connectivity index (χ4n) is 1.62. The SMILES string of the molecule is NC(=O)c1ccc(NCc2ccc(O)c(Br)c2)cc1. The summed E-state index contributed by atoms with van der Waals surface area (Å²) in [5.41, 5.74) is 7.58. The first-order valence-corrected chi connectivity index (χ1v) is 6.46. The van der Waals surface area contributed by atoms with Crippen LogP contribution in [0.15, 0.2) is 46.9 Å². The van der Waals surface area contributed by atoms with Crippen LogP contribution in [-0.2, 0) is 6.54 Å². The van der Waals surface area contributed by atoms with Gasteiger partial charge in [0.2, 0.25) is 5.91 Å². The van der Waals surface area contributed by atoms with Gasteiger partial charge in [-0.05, 0) is 57.9 Å². The Kier molecular flexibility index (Phi) is 4.06. The Morgan fingerprint density at radius 2 is 1.89 bits per heavy atom. The minimum atomic E-state index is -0.436. The van der Waals surface area contributed by atoms with Gasteiger partial charge in [0.05, 0.1) is 4.47 Å². The van der Waals surface area contributed by atoms with Gasteiger partial charge in [0.25, 0.3) is 0 Å². The molecule has 5 heteroatoms. The Bertz CT molecular complexity index is 597. The highest BCUT2D eigenvalue weighted by Gasteiger charge is 2.01. The topological polar surface area (TPSA) is 75.4 Å². The van der Waals surface area contributed by atoms with E-state index in [0.717, 1.165) is 11.3 Å². The molecule has 2 aromatic rings. The number of rotatable bonds is 4. The molecule has 4 nitrogen and oxygen atoms in total. The van der Waals surface area contributed by atoms with Crippen LogP contribution in [-0.4, -0.2) is 11.0 Å². The summed E-state index contributed by atoms with van der Waals surface area (Å²) in [6, 6.07) is 12.3. The van der Waals surface area contributed by atoms with E-state index in [1.54, 1.807) is 30.3 Å². The van der Waals surface area contributed by atoms with Crippen LogP contribution in [0, 0.1) is 0 Å². The van der Waals surface area contributed by atoms with Gasteiger partial charge in [0.15, 0.2) is 0 Å². The van der Waals surface area contributed by atoms with Crippen molar-refractivity contribution in [2.45, 2.75) is 6.54 Å². The summed E-state index contributed by atoms with van der Waals surface area (Å²) >= 11 is 3.27. The molecule has 98 valence electrons. The molecule has 0 atom stereocenters. The molecule has 0 unspecified atom stereocenters. The normalized spacial score (nSPS) is 10.2. The highest BCUT2D eigenvalue weighted by atomic mass is 79.9. The third kappa shape index (κ3) is 3.48. The Morgan fingerprint density at radius 1 is 1.21 bits per heavy atom. The zero-order valence-electron chi connectivity index (χ0n) is 10.1. The number of nitrogens with one attached hydrogen (secondary N) is 1. The molecule has 0 bridgehead atoms. The molecule has 0 radical (unpaired) electrons. The Hall–Kier alpha value is -2.01. The third-order valence-corrected chi connectivity index (χ3v) is 3.31. The Balaban J connectivity index is 2.01. The highest BCUT2D eigenvalue weighted by Crippen LogP contribution is 2.24. The Morgan fingerprint density at radius 3 is 2.47 bits per heavy atom. The van der Waals surface area contributed by atoms with Crippen LogP contribution in [0.5, 0.6) is 5.75 Å². The van der Waals surface area contributed by atoms with E-state index in [2.05, 4.69) is 21.2 Å². The molecular formula is C14H13BrN2O2. The van der Waals surface area contributed by atoms with Crippen LogP contribution in [0.3, 0.4) is 0 Å². The number of phenols is 1. The molecule has 0 aliphatic carbocycles. The van der Waals surface area contributed by atoms with E-state index in [0.29, 0.717) is 16.6 Å². The highest BCUT2D eigenvalue weighted by molar-refractivity contribution is 9.10. The predicted octanol–water partition coefficient (Wildman–Crippen LogP) is 2.87. The maximum atomic E-state index is 10.9. The smallest absolute Gasteiger partial charge is 0.248 e. The summed E-state index contributed by atoms with van der Waals surface area (Å²) in [5, 5.41) is 12.6. The molecule has 2 aromatic carbocycles. The number of carbonyl (C=O) groups excluding carboxylic acids is 1. The average molecular weight is 321 g/mol. The summed E-state index contributed by atoms with van der Waals surface area (Å²) in [5.74, 6) is -0.219. The number of primary amides is 1. The van der Waals surface area contributed by atoms with Gasteiger partial charge in [-0.15, -0.1) is 0 Å². The van der Waals surface area contributed by atoms with Gasteiger partial charge in [0, 0.05) is 17.8 Å². The van der Waals surface area contributed by atoms with Crippen LogP contribution in [0.25, 0.3) is 0 Å². The number of halogens is 1. The van der Waals surface area contributed by atoms with Crippen LogP contribution in [0.4, 0.5) is 5.69 Å². The van der Waals surface area contributed by atoms with E-state index >= 15 is 0 Å². The van der Waals surface area contributed by atoms with Crippen molar-refractivity contribution in [1.82, 2.24) is 0 Å². The van der Waals surface area contributed by atoms with E-state index in [-0.39, 0.29) is 5.75 Å². The molecule has 0 spiro atoms. The number of benzene rings is 2. The number of aromatic hydroxyl groups is 1. The molecule has 19 heavy (non-hydrogen) atoms. The van der Waals surface area contributed by atoms with Crippen LogP contribution in [0.1, 0.15) is 15.9 Å². The summed E-state index contributed by atoms with van der Waals surface area (Å²) < 4.78 is 0.663. The van der Waals surface area contributed by atoms with Gasteiger partial charge in [-0.3, -0.25) is 4.79 Å². The molecule has 0 fully saturated rings. The summed E-state index contributed by atoms with van der Waals surface area (Å²) in [4.78, 5) is 10.9. The van der Waals surface area contributed by atoms with Gasteiger partial charge in [-0.25, -0.2) is 0 Å². The number of anilines is 1. The van der Waals surface area contributed by atoms with Gasteiger partial charge >= 0.3 is 0 Å². The standard InChI is InChI=1S/C14H13BrN2O2/c15-12-7-9(1-6-13(12)18)8-17-11-4-2-10(3-5-11)14(16)19/h1-7,17-18H,8H2,(H2,16,19). The largest absolute Gasteiger partial charge is 0.507 e. The molecule has 0 saturated carbocycles. The average Bonchev–Trinajstić information content (AvgIpc) is 2.40. The number of nitrogens with two attached hydrogens (primary N) is 1. The maximum absolute atomic E-state index is 10.9. The first-order valence-electron chi connectivity index (χ1n) is 5.67. The number of hydrogen-bond donors (Lipinski definition) is 3. The summed E-state index contributed by atoms with van der Waals surface area (Å²) in [6.45, 7) is 0.620. The minimum absolute atomic E-state index is 0.217. The molecule has 2 rings (SSSR count). The number of carbonyl (C=O) groups is 1. The van der Waals surface area contributed by atoms with Crippen LogP contribution < -0.4 is 11.1 Å². The van der Waals surface area contributed by atoms with Gasteiger partial charge in [-0.2, -0.15) is 0 Å².